The van der Waals surface area contributed by atoms with Gasteiger partial charge in [-0.25, -0.2) is 9.18 Å². The van der Waals surface area contributed by atoms with Gasteiger partial charge in [-0.2, -0.15) is 0 Å². The Labute approximate surface area is 82.3 Å². The quantitative estimate of drug-likeness (QED) is 0.759. The summed E-state index contributed by atoms with van der Waals surface area (Å²) in [6, 6.07) is 3.38. The standard InChI is InChI=1S/C7H6FIN2O/c8-4-1-2-6(5(9)3-4)11-7(10)12/h1-3H,(H3,10,11,12). The molecule has 12 heavy (non-hydrogen) atoms. The highest BCUT2D eigenvalue weighted by atomic mass is 127. The summed E-state index contributed by atoms with van der Waals surface area (Å²) < 4.78 is 13.2. The summed E-state index contributed by atoms with van der Waals surface area (Å²) in [6.07, 6.45) is 0. The lowest BCUT2D eigenvalue weighted by Crippen LogP contribution is -2.19. The highest BCUT2D eigenvalue weighted by Gasteiger charge is 2.01. The molecule has 3 nitrogen and oxygen atoms in total. The van der Waals surface area contributed by atoms with Gasteiger partial charge in [0.05, 0.1) is 5.69 Å². The third-order valence-electron chi connectivity index (χ3n) is 1.19. The van der Waals surface area contributed by atoms with Crippen molar-refractivity contribution in [2.45, 2.75) is 0 Å². The van der Waals surface area contributed by atoms with Gasteiger partial charge in [0.2, 0.25) is 0 Å². The second kappa shape index (κ2) is 3.70. The second-order valence-corrected chi connectivity index (χ2v) is 3.28. The largest absolute Gasteiger partial charge is 0.351 e. The maximum absolute atomic E-state index is 12.5. The summed E-state index contributed by atoms with van der Waals surface area (Å²) in [5.41, 5.74) is 5.40. The fourth-order valence-corrected chi connectivity index (χ4v) is 1.34. The van der Waals surface area contributed by atoms with Gasteiger partial charge in [-0.3, -0.25) is 0 Å². The van der Waals surface area contributed by atoms with E-state index in [0.717, 1.165) is 0 Å². The first-order valence-corrected chi connectivity index (χ1v) is 4.19. The Morgan fingerprint density at radius 3 is 2.75 bits per heavy atom. The molecule has 0 saturated heterocycles. The van der Waals surface area contributed by atoms with E-state index in [0.29, 0.717) is 9.26 Å². The van der Waals surface area contributed by atoms with Crippen LogP contribution in [0.1, 0.15) is 0 Å². The number of rotatable bonds is 1. The van der Waals surface area contributed by atoms with E-state index in [1.54, 1.807) is 0 Å². The highest BCUT2D eigenvalue weighted by molar-refractivity contribution is 14.1. The lowest BCUT2D eigenvalue weighted by Gasteiger charge is -2.03. The smallest absolute Gasteiger partial charge is 0.316 e. The van der Waals surface area contributed by atoms with Crippen LogP contribution in [0, 0.1) is 9.39 Å². The second-order valence-electron chi connectivity index (χ2n) is 2.11. The van der Waals surface area contributed by atoms with E-state index in [1.165, 1.54) is 18.2 Å². The average molecular weight is 280 g/mol. The molecule has 0 heterocycles. The summed E-state index contributed by atoms with van der Waals surface area (Å²) in [5, 5.41) is 2.36. The number of primary amides is 1. The van der Waals surface area contributed by atoms with Crippen molar-refractivity contribution in [2.24, 2.45) is 5.73 Å². The van der Waals surface area contributed by atoms with Crippen LogP contribution in [-0.4, -0.2) is 6.03 Å². The SMILES string of the molecule is NC(=O)Nc1ccc(F)cc1I. The third-order valence-corrected chi connectivity index (χ3v) is 2.08. The first-order chi connectivity index (χ1) is 5.59. The van der Waals surface area contributed by atoms with Crippen molar-refractivity contribution >= 4 is 34.3 Å². The molecule has 0 radical (unpaired) electrons. The molecule has 0 atom stereocenters. The first-order valence-electron chi connectivity index (χ1n) is 3.11. The monoisotopic (exact) mass is 280 g/mol. The van der Waals surface area contributed by atoms with Gasteiger partial charge in [-0.15, -0.1) is 0 Å². The zero-order valence-corrected chi connectivity index (χ0v) is 8.13. The molecule has 64 valence electrons. The lowest BCUT2D eigenvalue weighted by molar-refractivity contribution is 0.259. The Bertz CT molecular complexity index is 316. The van der Waals surface area contributed by atoms with E-state index < -0.39 is 6.03 Å². The predicted octanol–water partition coefficient (Wildman–Crippen LogP) is 1.92. The summed E-state index contributed by atoms with van der Waals surface area (Å²) in [5.74, 6) is -0.338. The minimum Gasteiger partial charge on any atom is -0.351 e. The number of halogens is 2. The molecular formula is C7H6FIN2O. The molecule has 0 fully saturated rings. The molecule has 1 aromatic rings. The van der Waals surface area contributed by atoms with Gasteiger partial charge in [0.25, 0.3) is 0 Å². The predicted molar refractivity (Wildman–Crippen MR) is 52.3 cm³/mol. The molecule has 0 aromatic heterocycles. The fourth-order valence-electron chi connectivity index (χ4n) is 0.724. The number of hydrogen-bond donors (Lipinski definition) is 2. The first kappa shape index (κ1) is 9.24. The van der Waals surface area contributed by atoms with Crippen LogP contribution < -0.4 is 11.1 Å². The van der Waals surface area contributed by atoms with E-state index in [1.807, 2.05) is 22.6 Å². The zero-order valence-electron chi connectivity index (χ0n) is 5.97. The van der Waals surface area contributed by atoms with Crippen molar-refractivity contribution in [2.75, 3.05) is 5.32 Å². The van der Waals surface area contributed by atoms with Crippen LogP contribution in [0.4, 0.5) is 14.9 Å². The van der Waals surface area contributed by atoms with Crippen LogP contribution in [0.5, 0.6) is 0 Å². The van der Waals surface area contributed by atoms with Gasteiger partial charge in [0.15, 0.2) is 0 Å². The molecule has 0 aliphatic carbocycles. The number of benzene rings is 1. The number of nitrogens with two attached hydrogens (primary N) is 1. The molecule has 0 unspecified atom stereocenters. The molecule has 0 bridgehead atoms. The van der Waals surface area contributed by atoms with E-state index >= 15 is 0 Å². The normalized spacial score (nSPS) is 9.50. The Balaban J connectivity index is 2.93. The molecule has 0 saturated carbocycles. The van der Waals surface area contributed by atoms with Crippen LogP contribution in [-0.2, 0) is 0 Å². The lowest BCUT2D eigenvalue weighted by atomic mass is 10.3. The molecule has 2 amide bonds. The van der Waals surface area contributed by atoms with Gasteiger partial charge in [-0.1, -0.05) is 0 Å². The number of urea groups is 1. The van der Waals surface area contributed by atoms with Crippen LogP contribution in [0.15, 0.2) is 18.2 Å². The minimum atomic E-state index is -0.653. The number of amides is 2. The number of anilines is 1. The van der Waals surface area contributed by atoms with Crippen molar-refractivity contribution in [1.82, 2.24) is 0 Å². The number of nitrogens with one attached hydrogen (secondary N) is 1. The van der Waals surface area contributed by atoms with E-state index in [4.69, 9.17) is 5.73 Å². The molecule has 3 N–H and O–H groups in total. The van der Waals surface area contributed by atoms with Gasteiger partial charge < -0.3 is 11.1 Å². The minimum absolute atomic E-state index is 0.338. The van der Waals surface area contributed by atoms with Crippen LogP contribution in [0.2, 0.25) is 0 Å². The van der Waals surface area contributed by atoms with Gasteiger partial charge in [0, 0.05) is 3.57 Å². The number of hydrogen-bond acceptors (Lipinski definition) is 1. The molecule has 0 aliphatic heterocycles. The number of carbonyl (C=O) groups is 1. The summed E-state index contributed by atoms with van der Waals surface area (Å²) in [6.45, 7) is 0. The zero-order chi connectivity index (χ0) is 9.14. The Kier molecular flexibility index (Phi) is 2.85. The molecule has 1 aromatic carbocycles. The van der Waals surface area contributed by atoms with Crippen LogP contribution in [0.25, 0.3) is 0 Å². The van der Waals surface area contributed by atoms with Gasteiger partial charge in [0.1, 0.15) is 5.82 Å². The topological polar surface area (TPSA) is 55.1 Å². The third kappa shape index (κ3) is 2.33. The summed E-state index contributed by atoms with van der Waals surface area (Å²) in [4.78, 5) is 10.4. The Hall–Kier alpha value is -0.850. The average Bonchev–Trinajstić information content (AvgIpc) is 1.94. The Morgan fingerprint density at radius 2 is 2.25 bits per heavy atom. The summed E-state index contributed by atoms with van der Waals surface area (Å²) >= 11 is 1.91. The van der Waals surface area contributed by atoms with Crippen LogP contribution >= 0.6 is 22.6 Å². The van der Waals surface area contributed by atoms with Gasteiger partial charge >= 0.3 is 6.03 Å². The van der Waals surface area contributed by atoms with Crippen molar-refractivity contribution in [3.63, 3.8) is 0 Å². The van der Waals surface area contributed by atoms with Crippen molar-refractivity contribution in [3.8, 4) is 0 Å². The molecule has 0 spiro atoms. The molecular weight excluding hydrogens is 274 g/mol. The van der Waals surface area contributed by atoms with E-state index in [9.17, 15) is 9.18 Å². The van der Waals surface area contributed by atoms with E-state index in [-0.39, 0.29) is 5.82 Å². The van der Waals surface area contributed by atoms with Gasteiger partial charge in [-0.05, 0) is 40.8 Å². The number of carbonyl (C=O) groups excluding carboxylic acids is 1. The van der Waals surface area contributed by atoms with Crippen molar-refractivity contribution in [3.05, 3.63) is 27.6 Å². The molecule has 5 heteroatoms. The highest BCUT2D eigenvalue weighted by Crippen LogP contribution is 2.18. The maximum Gasteiger partial charge on any atom is 0.316 e. The van der Waals surface area contributed by atoms with Crippen molar-refractivity contribution < 1.29 is 9.18 Å². The Morgan fingerprint density at radius 1 is 1.58 bits per heavy atom. The van der Waals surface area contributed by atoms with Crippen molar-refractivity contribution in [1.29, 1.82) is 0 Å². The maximum atomic E-state index is 12.5. The summed E-state index contributed by atoms with van der Waals surface area (Å²) in [7, 11) is 0. The fraction of sp³-hybridized carbons (Fsp3) is 0. The van der Waals surface area contributed by atoms with Crippen LogP contribution in [0.3, 0.4) is 0 Å². The molecule has 0 aliphatic rings. The van der Waals surface area contributed by atoms with E-state index in [2.05, 4.69) is 5.32 Å². The molecule has 1 rings (SSSR count).